The SMILES string of the molecule is COc1ncccc1Cc1cn([Si](C(C)C)(C(C)C)C(C)C)c2ncccc12. The number of rotatable bonds is 7. The lowest BCUT2D eigenvalue weighted by atomic mass is 10.1. The van der Waals surface area contributed by atoms with Gasteiger partial charge in [0.2, 0.25) is 5.88 Å². The van der Waals surface area contributed by atoms with Gasteiger partial charge in [-0.3, -0.25) is 0 Å². The Morgan fingerprint density at radius 2 is 1.50 bits per heavy atom. The van der Waals surface area contributed by atoms with Gasteiger partial charge in [0.1, 0.15) is 5.65 Å². The Hall–Kier alpha value is -2.14. The lowest BCUT2D eigenvalue weighted by molar-refractivity contribution is 0.393. The predicted octanol–water partition coefficient (Wildman–Crippen LogP) is 6.05. The molecule has 0 aromatic carbocycles. The lowest BCUT2D eigenvalue weighted by Crippen LogP contribution is -2.51. The quantitative estimate of drug-likeness (QED) is 0.457. The molecule has 0 aliphatic rings. The van der Waals surface area contributed by atoms with E-state index < -0.39 is 8.24 Å². The molecule has 0 fully saturated rings. The van der Waals surface area contributed by atoms with Gasteiger partial charge in [0.25, 0.3) is 0 Å². The zero-order valence-electron chi connectivity index (χ0n) is 18.2. The number of pyridine rings is 2. The second-order valence-electron chi connectivity index (χ2n) is 8.60. The Balaban J connectivity index is 2.23. The minimum absolute atomic E-state index is 0.617. The molecule has 3 heterocycles. The molecule has 4 nitrogen and oxygen atoms in total. The zero-order valence-corrected chi connectivity index (χ0v) is 19.2. The summed E-state index contributed by atoms with van der Waals surface area (Å²) in [5.41, 5.74) is 5.39. The minimum atomic E-state index is -1.88. The van der Waals surface area contributed by atoms with E-state index >= 15 is 0 Å². The molecule has 150 valence electrons. The third kappa shape index (κ3) is 3.26. The van der Waals surface area contributed by atoms with Crippen LogP contribution < -0.4 is 4.74 Å². The van der Waals surface area contributed by atoms with Crippen LogP contribution in [0.1, 0.15) is 52.7 Å². The first-order valence-electron chi connectivity index (χ1n) is 10.3. The highest BCUT2D eigenvalue weighted by atomic mass is 28.3. The summed E-state index contributed by atoms with van der Waals surface area (Å²) in [6, 6.07) is 8.32. The van der Waals surface area contributed by atoms with Crippen molar-refractivity contribution in [2.24, 2.45) is 0 Å². The third-order valence-corrected chi connectivity index (χ3v) is 13.0. The zero-order chi connectivity index (χ0) is 20.5. The molecular weight excluding hydrogens is 362 g/mol. The molecule has 0 aliphatic carbocycles. The first-order chi connectivity index (χ1) is 13.3. The van der Waals surface area contributed by atoms with Crippen LogP contribution in [0.3, 0.4) is 0 Å². The van der Waals surface area contributed by atoms with Crippen molar-refractivity contribution in [2.45, 2.75) is 64.6 Å². The van der Waals surface area contributed by atoms with Gasteiger partial charge in [-0.15, -0.1) is 0 Å². The molecule has 0 radical (unpaired) electrons. The van der Waals surface area contributed by atoms with Crippen molar-refractivity contribution < 1.29 is 4.74 Å². The molecule has 0 saturated heterocycles. The fourth-order valence-corrected chi connectivity index (χ4v) is 11.9. The van der Waals surface area contributed by atoms with Crippen molar-refractivity contribution in [3.63, 3.8) is 0 Å². The number of nitrogens with zero attached hydrogens (tertiary/aromatic N) is 3. The smallest absolute Gasteiger partial charge is 0.216 e. The van der Waals surface area contributed by atoms with Gasteiger partial charge in [-0.2, -0.15) is 0 Å². The number of hydrogen-bond acceptors (Lipinski definition) is 3. The van der Waals surface area contributed by atoms with Crippen LogP contribution in [0.2, 0.25) is 16.6 Å². The Morgan fingerprint density at radius 3 is 2.11 bits per heavy atom. The van der Waals surface area contributed by atoms with Crippen molar-refractivity contribution >= 4 is 19.3 Å². The number of aromatic nitrogens is 3. The Labute approximate surface area is 170 Å². The van der Waals surface area contributed by atoms with Crippen LogP contribution >= 0.6 is 0 Å². The second kappa shape index (κ2) is 8.07. The van der Waals surface area contributed by atoms with Gasteiger partial charge < -0.3 is 8.97 Å². The molecule has 0 amide bonds. The molecule has 0 spiro atoms. The Kier molecular flexibility index (Phi) is 5.94. The fraction of sp³-hybridized carbons (Fsp3) is 0.478. The summed E-state index contributed by atoms with van der Waals surface area (Å²) in [5, 5.41) is 1.24. The first kappa shape index (κ1) is 20.6. The average molecular weight is 396 g/mol. The van der Waals surface area contributed by atoms with Crippen molar-refractivity contribution in [1.82, 2.24) is 14.2 Å². The van der Waals surface area contributed by atoms with Crippen molar-refractivity contribution in [1.29, 1.82) is 0 Å². The van der Waals surface area contributed by atoms with Crippen LogP contribution in [0.15, 0.2) is 42.9 Å². The standard InChI is InChI=1S/C23H33N3OSi/c1-16(2)28(17(3)4,18(5)6)26-15-20(21-11-9-12-24-22(21)26)14-19-10-8-13-25-23(19)27-7/h8-13,15-18H,14H2,1-7H3. The molecule has 5 heteroatoms. The summed E-state index contributed by atoms with van der Waals surface area (Å²) >= 11 is 0. The molecular formula is C23H33N3OSi. The van der Waals surface area contributed by atoms with E-state index in [-0.39, 0.29) is 0 Å². The molecule has 0 bridgehead atoms. The van der Waals surface area contributed by atoms with Crippen LogP contribution in [0, 0.1) is 0 Å². The van der Waals surface area contributed by atoms with Gasteiger partial charge >= 0.3 is 0 Å². The highest BCUT2D eigenvalue weighted by Crippen LogP contribution is 2.44. The van der Waals surface area contributed by atoms with Gasteiger partial charge in [0, 0.05) is 36.0 Å². The average Bonchev–Trinajstić information content (AvgIpc) is 3.01. The summed E-state index contributed by atoms with van der Waals surface area (Å²) in [5.74, 6) is 0.701. The Bertz CT molecular complexity index is 924. The van der Waals surface area contributed by atoms with Crippen molar-refractivity contribution in [3.05, 3.63) is 54.0 Å². The topological polar surface area (TPSA) is 39.9 Å². The van der Waals surface area contributed by atoms with Crippen molar-refractivity contribution in [2.75, 3.05) is 7.11 Å². The summed E-state index contributed by atoms with van der Waals surface area (Å²) in [6.45, 7) is 14.4. The summed E-state index contributed by atoms with van der Waals surface area (Å²) in [4.78, 5) is 9.23. The second-order valence-corrected chi connectivity index (χ2v) is 14.3. The summed E-state index contributed by atoms with van der Waals surface area (Å²) < 4.78 is 8.09. The van der Waals surface area contributed by atoms with Gasteiger partial charge in [-0.1, -0.05) is 47.6 Å². The highest BCUT2D eigenvalue weighted by Gasteiger charge is 2.46. The van der Waals surface area contributed by atoms with Crippen LogP contribution in [0.25, 0.3) is 11.0 Å². The molecule has 0 atom stereocenters. The number of ether oxygens (including phenoxy) is 1. The third-order valence-electron chi connectivity index (χ3n) is 6.26. The molecule has 0 unspecified atom stereocenters. The number of fused-ring (bicyclic) bond motifs is 1. The van der Waals surface area contributed by atoms with Crippen molar-refractivity contribution in [3.8, 4) is 5.88 Å². The maximum atomic E-state index is 5.49. The molecule has 3 rings (SSSR count). The number of hydrogen-bond donors (Lipinski definition) is 0. The van der Waals surface area contributed by atoms with E-state index in [9.17, 15) is 0 Å². The molecule has 3 aromatic heterocycles. The van der Waals surface area contributed by atoms with E-state index in [1.165, 1.54) is 10.9 Å². The van der Waals surface area contributed by atoms with Crippen LogP contribution in [0.5, 0.6) is 5.88 Å². The van der Waals surface area contributed by atoms with Crippen LogP contribution in [-0.4, -0.2) is 29.5 Å². The van der Waals surface area contributed by atoms with E-state index in [2.05, 4.69) is 69.1 Å². The van der Waals surface area contributed by atoms with E-state index in [4.69, 9.17) is 9.72 Å². The maximum absolute atomic E-state index is 5.49. The fourth-order valence-electron chi connectivity index (χ4n) is 5.34. The normalized spacial score (nSPS) is 12.5. The van der Waals surface area contributed by atoms with Gasteiger partial charge in [0.05, 0.1) is 7.11 Å². The summed E-state index contributed by atoms with van der Waals surface area (Å²) in [6.07, 6.45) is 6.89. The largest absolute Gasteiger partial charge is 0.481 e. The minimum Gasteiger partial charge on any atom is -0.481 e. The first-order valence-corrected chi connectivity index (χ1v) is 12.4. The summed E-state index contributed by atoms with van der Waals surface area (Å²) in [7, 11) is -0.194. The monoisotopic (exact) mass is 395 g/mol. The van der Waals surface area contributed by atoms with E-state index in [0.717, 1.165) is 17.6 Å². The molecule has 0 N–H and O–H groups in total. The highest BCUT2D eigenvalue weighted by molar-refractivity contribution is 6.82. The van der Waals surface area contributed by atoms with E-state index in [0.29, 0.717) is 22.5 Å². The maximum Gasteiger partial charge on any atom is 0.216 e. The molecule has 0 saturated carbocycles. The molecule has 0 aliphatic heterocycles. The van der Waals surface area contributed by atoms with Crippen LogP contribution in [-0.2, 0) is 6.42 Å². The van der Waals surface area contributed by atoms with E-state index in [1.807, 2.05) is 18.3 Å². The van der Waals surface area contributed by atoms with Gasteiger partial charge in [-0.05, 0) is 40.4 Å². The molecule has 28 heavy (non-hydrogen) atoms. The Morgan fingerprint density at radius 1 is 0.893 bits per heavy atom. The molecule has 3 aromatic rings. The van der Waals surface area contributed by atoms with Gasteiger partial charge in [-0.25, -0.2) is 9.97 Å². The van der Waals surface area contributed by atoms with Gasteiger partial charge in [0.15, 0.2) is 8.24 Å². The predicted molar refractivity (Wildman–Crippen MR) is 120 cm³/mol. The van der Waals surface area contributed by atoms with E-state index in [1.54, 1.807) is 13.3 Å². The lowest BCUT2D eigenvalue weighted by Gasteiger charge is -2.44. The number of methoxy groups -OCH3 is 1. The van der Waals surface area contributed by atoms with Crippen LogP contribution in [0.4, 0.5) is 0 Å².